The summed E-state index contributed by atoms with van der Waals surface area (Å²) in [6, 6.07) is 9.59. The van der Waals surface area contributed by atoms with E-state index < -0.39 is 11.6 Å². The highest BCUT2D eigenvalue weighted by Gasteiger charge is 2.12. The molecule has 0 saturated carbocycles. The standard InChI is InChI=1S/C18H14FN3O3/c1-11(24)21-15-3-2-4-16(7-15)22-9-14(8-20-22)12-5-13(10-23)18(25)17(19)6-12/h2-10,25H,1H3,(H,21,24). The lowest BCUT2D eigenvalue weighted by Crippen LogP contribution is -2.06. The lowest BCUT2D eigenvalue weighted by molar-refractivity contribution is -0.114. The zero-order valence-corrected chi connectivity index (χ0v) is 13.2. The molecular weight excluding hydrogens is 325 g/mol. The number of aldehydes is 1. The van der Waals surface area contributed by atoms with Gasteiger partial charge in [0, 0.05) is 24.4 Å². The molecule has 0 saturated heterocycles. The van der Waals surface area contributed by atoms with Crippen molar-refractivity contribution in [3.05, 3.63) is 60.2 Å². The number of phenolic OH excluding ortho intramolecular Hbond substituents is 1. The van der Waals surface area contributed by atoms with E-state index in [2.05, 4.69) is 10.4 Å². The number of carbonyl (C=O) groups excluding carboxylic acids is 2. The number of carbonyl (C=O) groups is 2. The Kier molecular flexibility index (Phi) is 4.30. The van der Waals surface area contributed by atoms with Crippen LogP contribution >= 0.6 is 0 Å². The van der Waals surface area contributed by atoms with Crippen molar-refractivity contribution < 1.29 is 19.1 Å². The number of anilines is 1. The Morgan fingerprint density at radius 1 is 1.28 bits per heavy atom. The maximum Gasteiger partial charge on any atom is 0.221 e. The predicted molar refractivity (Wildman–Crippen MR) is 90.3 cm³/mol. The molecule has 2 aromatic carbocycles. The fraction of sp³-hybridized carbons (Fsp3) is 0.0556. The second-order valence-electron chi connectivity index (χ2n) is 5.42. The number of rotatable bonds is 4. The average molecular weight is 339 g/mol. The van der Waals surface area contributed by atoms with Gasteiger partial charge in [-0.05, 0) is 35.9 Å². The topological polar surface area (TPSA) is 84.2 Å². The summed E-state index contributed by atoms with van der Waals surface area (Å²) in [4.78, 5) is 22.1. The number of nitrogens with one attached hydrogen (secondary N) is 1. The van der Waals surface area contributed by atoms with Crippen LogP contribution in [0.25, 0.3) is 16.8 Å². The van der Waals surface area contributed by atoms with Gasteiger partial charge in [-0.1, -0.05) is 6.07 Å². The van der Waals surface area contributed by atoms with Crippen LogP contribution in [0.5, 0.6) is 5.75 Å². The predicted octanol–water partition coefficient (Wildman–Crippen LogP) is 3.15. The monoisotopic (exact) mass is 339 g/mol. The molecule has 0 aliphatic heterocycles. The van der Waals surface area contributed by atoms with Gasteiger partial charge in [-0.3, -0.25) is 9.59 Å². The SMILES string of the molecule is CC(=O)Nc1cccc(-n2cc(-c3cc(F)c(O)c(C=O)c3)cn2)c1. The number of halogens is 1. The minimum absolute atomic E-state index is 0.129. The summed E-state index contributed by atoms with van der Waals surface area (Å²) in [7, 11) is 0. The van der Waals surface area contributed by atoms with Crippen molar-refractivity contribution in [2.75, 3.05) is 5.32 Å². The number of hydrogen-bond acceptors (Lipinski definition) is 4. The summed E-state index contributed by atoms with van der Waals surface area (Å²) in [5.41, 5.74) is 2.19. The fourth-order valence-electron chi connectivity index (χ4n) is 2.42. The van der Waals surface area contributed by atoms with Crippen LogP contribution in [0.2, 0.25) is 0 Å². The van der Waals surface area contributed by atoms with Crippen molar-refractivity contribution >= 4 is 17.9 Å². The Morgan fingerprint density at radius 3 is 2.80 bits per heavy atom. The summed E-state index contributed by atoms with van der Waals surface area (Å²) < 4.78 is 15.3. The quantitative estimate of drug-likeness (QED) is 0.715. The van der Waals surface area contributed by atoms with E-state index in [1.165, 1.54) is 19.2 Å². The molecule has 0 unspecified atom stereocenters. The smallest absolute Gasteiger partial charge is 0.221 e. The summed E-state index contributed by atoms with van der Waals surface area (Å²) in [6.45, 7) is 1.42. The molecule has 0 bridgehead atoms. The van der Waals surface area contributed by atoms with Crippen molar-refractivity contribution in [2.45, 2.75) is 6.92 Å². The van der Waals surface area contributed by atoms with Crippen molar-refractivity contribution in [3.63, 3.8) is 0 Å². The van der Waals surface area contributed by atoms with Crippen LogP contribution < -0.4 is 5.32 Å². The van der Waals surface area contributed by atoms with Crippen LogP contribution in [0.1, 0.15) is 17.3 Å². The van der Waals surface area contributed by atoms with Crippen LogP contribution in [-0.4, -0.2) is 27.1 Å². The van der Waals surface area contributed by atoms with E-state index in [0.717, 1.165) is 6.07 Å². The highest BCUT2D eigenvalue weighted by Crippen LogP contribution is 2.28. The summed E-state index contributed by atoms with van der Waals surface area (Å²) in [6.07, 6.45) is 3.57. The Hall–Kier alpha value is -3.48. The second kappa shape index (κ2) is 6.56. The lowest BCUT2D eigenvalue weighted by Gasteiger charge is -2.06. The molecule has 0 aliphatic carbocycles. The number of benzene rings is 2. The molecule has 0 fully saturated rings. The van der Waals surface area contributed by atoms with Crippen LogP contribution in [0.4, 0.5) is 10.1 Å². The highest BCUT2D eigenvalue weighted by molar-refractivity contribution is 5.89. The Bertz CT molecular complexity index is 966. The van der Waals surface area contributed by atoms with Crippen molar-refractivity contribution in [3.8, 4) is 22.6 Å². The first-order valence-electron chi connectivity index (χ1n) is 7.38. The summed E-state index contributed by atoms with van der Waals surface area (Å²) in [5, 5.41) is 16.4. The third-order valence-electron chi connectivity index (χ3n) is 3.57. The molecule has 0 aliphatic rings. The van der Waals surface area contributed by atoms with Gasteiger partial charge < -0.3 is 10.4 Å². The molecule has 25 heavy (non-hydrogen) atoms. The Labute approximate surface area is 142 Å². The van der Waals surface area contributed by atoms with Gasteiger partial charge in [0.2, 0.25) is 5.91 Å². The van der Waals surface area contributed by atoms with Gasteiger partial charge in [-0.2, -0.15) is 5.10 Å². The van der Waals surface area contributed by atoms with E-state index in [1.807, 2.05) is 0 Å². The third kappa shape index (κ3) is 3.40. The van der Waals surface area contributed by atoms with Gasteiger partial charge in [-0.25, -0.2) is 9.07 Å². The maximum absolute atomic E-state index is 13.7. The van der Waals surface area contributed by atoms with E-state index in [9.17, 15) is 19.1 Å². The normalized spacial score (nSPS) is 10.5. The zero-order chi connectivity index (χ0) is 18.0. The zero-order valence-electron chi connectivity index (χ0n) is 13.2. The summed E-state index contributed by atoms with van der Waals surface area (Å²) >= 11 is 0. The second-order valence-corrected chi connectivity index (χ2v) is 5.42. The molecule has 0 spiro atoms. The van der Waals surface area contributed by atoms with Gasteiger partial charge in [0.25, 0.3) is 0 Å². The minimum Gasteiger partial charge on any atom is -0.504 e. The van der Waals surface area contributed by atoms with Crippen molar-refractivity contribution in [2.24, 2.45) is 0 Å². The summed E-state index contributed by atoms with van der Waals surface area (Å²) in [5.74, 6) is -1.73. The molecule has 1 aromatic heterocycles. The molecular formula is C18H14FN3O3. The fourth-order valence-corrected chi connectivity index (χ4v) is 2.42. The number of phenols is 1. The molecule has 1 heterocycles. The first-order valence-corrected chi connectivity index (χ1v) is 7.38. The molecule has 3 rings (SSSR count). The van der Waals surface area contributed by atoms with Crippen LogP contribution in [0.15, 0.2) is 48.8 Å². The van der Waals surface area contributed by atoms with Crippen molar-refractivity contribution in [1.29, 1.82) is 0 Å². The number of amides is 1. The lowest BCUT2D eigenvalue weighted by atomic mass is 10.1. The molecule has 3 aromatic rings. The number of hydrogen-bond donors (Lipinski definition) is 2. The average Bonchev–Trinajstić information content (AvgIpc) is 3.07. The Balaban J connectivity index is 1.97. The van der Waals surface area contributed by atoms with Gasteiger partial charge in [-0.15, -0.1) is 0 Å². The van der Waals surface area contributed by atoms with E-state index in [4.69, 9.17) is 0 Å². The molecule has 6 nitrogen and oxygen atoms in total. The van der Waals surface area contributed by atoms with E-state index in [1.54, 1.807) is 35.1 Å². The first-order chi connectivity index (χ1) is 12.0. The van der Waals surface area contributed by atoms with E-state index in [0.29, 0.717) is 28.8 Å². The van der Waals surface area contributed by atoms with Crippen molar-refractivity contribution in [1.82, 2.24) is 9.78 Å². The number of aromatic nitrogens is 2. The van der Waals surface area contributed by atoms with Gasteiger partial charge in [0.1, 0.15) is 0 Å². The molecule has 126 valence electrons. The third-order valence-corrected chi connectivity index (χ3v) is 3.57. The maximum atomic E-state index is 13.7. The molecule has 7 heteroatoms. The van der Waals surface area contributed by atoms with Gasteiger partial charge in [0.15, 0.2) is 17.9 Å². The number of nitrogens with zero attached hydrogens (tertiary/aromatic N) is 2. The van der Waals surface area contributed by atoms with Crippen LogP contribution in [-0.2, 0) is 4.79 Å². The molecule has 0 atom stereocenters. The van der Waals surface area contributed by atoms with Gasteiger partial charge in [0.05, 0.1) is 17.4 Å². The Morgan fingerprint density at radius 2 is 2.08 bits per heavy atom. The molecule has 1 amide bonds. The number of aromatic hydroxyl groups is 1. The van der Waals surface area contributed by atoms with Crippen LogP contribution in [0.3, 0.4) is 0 Å². The highest BCUT2D eigenvalue weighted by atomic mass is 19.1. The van der Waals surface area contributed by atoms with E-state index in [-0.39, 0.29) is 11.5 Å². The largest absolute Gasteiger partial charge is 0.504 e. The molecule has 2 N–H and O–H groups in total. The van der Waals surface area contributed by atoms with E-state index >= 15 is 0 Å². The minimum atomic E-state index is -0.875. The van der Waals surface area contributed by atoms with Gasteiger partial charge >= 0.3 is 0 Å². The first kappa shape index (κ1) is 16.4. The molecule has 0 radical (unpaired) electrons. The van der Waals surface area contributed by atoms with Crippen LogP contribution in [0, 0.1) is 5.82 Å².